The highest BCUT2D eigenvalue weighted by Gasteiger charge is 2.33. The summed E-state index contributed by atoms with van der Waals surface area (Å²) in [6.07, 6.45) is -4.59. The summed E-state index contributed by atoms with van der Waals surface area (Å²) in [4.78, 5) is 3.92. The van der Waals surface area contributed by atoms with E-state index in [0.717, 1.165) is 12.1 Å². The largest absolute Gasteiger partial charge is 0.416 e. The van der Waals surface area contributed by atoms with E-state index in [9.17, 15) is 17.6 Å². The van der Waals surface area contributed by atoms with Gasteiger partial charge in [-0.1, -0.05) is 19.9 Å². The Kier molecular flexibility index (Phi) is 5.99. The summed E-state index contributed by atoms with van der Waals surface area (Å²) >= 11 is 0. The molecule has 0 unspecified atom stereocenters. The lowest BCUT2D eigenvalue weighted by atomic mass is 10.1. The van der Waals surface area contributed by atoms with Crippen LogP contribution in [0.3, 0.4) is 0 Å². The molecule has 0 spiro atoms. The third-order valence-corrected chi connectivity index (χ3v) is 2.72. The molecule has 0 aromatic heterocycles. The van der Waals surface area contributed by atoms with Crippen LogP contribution in [0.25, 0.3) is 0 Å². The van der Waals surface area contributed by atoms with Crippen molar-refractivity contribution in [2.45, 2.75) is 26.6 Å². The second-order valence-corrected chi connectivity index (χ2v) is 5.00. The molecule has 0 heterocycles. The summed E-state index contributed by atoms with van der Waals surface area (Å²) in [5.74, 6) is -0.130. The number of hydrogen-bond acceptors (Lipinski definition) is 1. The van der Waals surface area contributed by atoms with Gasteiger partial charge in [-0.3, -0.25) is 4.99 Å². The fourth-order valence-electron chi connectivity index (χ4n) is 1.67. The van der Waals surface area contributed by atoms with Gasteiger partial charge in [-0.15, -0.1) is 0 Å². The first kappa shape index (κ1) is 17.3. The van der Waals surface area contributed by atoms with Crippen LogP contribution in [-0.4, -0.2) is 19.6 Å². The van der Waals surface area contributed by atoms with Gasteiger partial charge >= 0.3 is 6.18 Å². The molecule has 0 radical (unpaired) electrons. The van der Waals surface area contributed by atoms with Crippen molar-refractivity contribution >= 4 is 5.96 Å². The summed E-state index contributed by atoms with van der Waals surface area (Å²) in [7, 11) is 1.53. The minimum absolute atomic E-state index is 0.0311. The third kappa shape index (κ3) is 5.61. The number of aliphatic imine (C=N–C) groups is 1. The van der Waals surface area contributed by atoms with Crippen LogP contribution in [0, 0.1) is 11.7 Å². The fourth-order valence-corrected chi connectivity index (χ4v) is 1.67. The average Bonchev–Trinajstić information content (AvgIpc) is 2.38. The van der Waals surface area contributed by atoms with Crippen molar-refractivity contribution in [2.24, 2.45) is 10.9 Å². The van der Waals surface area contributed by atoms with Crippen LogP contribution >= 0.6 is 0 Å². The molecule has 118 valence electrons. The second kappa shape index (κ2) is 7.28. The molecule has 0 aliphatic carbocycles. The Balaban J connectivity index is 2.79. The lowest BCUT2D eigenvalue weighted by Crippen LogP contribution is -2.39. The highest BCUT2D eigenvalue weighted by Crippen LogP contribution is 2.32. The first-order valence-electron chi connectivity index (χ1n) is 6.54. The first-order chi connectivity index (χ1) is 9.74. The number of benzene rings is 1. The standard InChI is InChI=1S/C14H19F4N3/c1-9(2)7-20-13(19-3)21-8-10-4-5-11(15)6-12(10)14(16,17)18/h4-6,9H,7-8H2,1-3H3,(H2,19,20,21). The molecule has 1 aromatic rings. The van der Waals surface area contributed by atoms with Gasteiger partial charge in [0.1, 0.15) is 5.82 Å². The van der Waals surface area contributed by atoms with Crippen molar-refractivity contribution in [3.8, 4) is 0 Å². The van der Waals surface area contributed by atoms with Crippen LogP contribution in [0.15, 0.2) is 23.2 Å². The molecular weight excluding hydrogens is 286 g/mol. The Bertz CT molecular complexity index is 495. The zero-order chi connectivity index (χ0) is 16.0. The van der Waals surface area contributed by atoms with E-state index in [1.807, 2.05) is 13.8 Å². The van der Waals surface area contributed by atoms with Crippen LogP contribution < -0.4 is 10.6 Å². The molecule has 0 bridgehead atoms. The Hall–Kier alpha value is -1.79. The summed E-state index contributed by atoms with van der Waals surface area (Å²) in [6, 6.07) is 2.64. The Morgan fingerprint density at radius 2 is 1.90 bits per heavy atom. The van der Waals surface area contributed by atoms with Crippen LogP contribution in [0.5, 0.6) is 0 Å². The predicted molar refractivity (Wildman–Crippen MR) is 74.4 cm³/mol. The van der Waals surface area contributed by atoms with Crippen molar-refractivity contribution in [2.75, 3.05) is 13.6 Å². The van der Waals surface area contributed by atoms with Crippen LogP contribution in [0.2, 0.25) is 0 Å². The van der Waals surface area contributed by atoms with E-state index in [1.165, 1.54) is 7.05 Å². The van der Waals surface area contributed by atoms with E-state index in [-0.39, 0.29) is 12.1 Å². The van der Waals surface area contributed by atoms with Gasteiger partial charge in [-0.2, -0.15) is 13.2 Å². The number of rotatable bonds is 4. The van der Waals surface area contributed by atoms with Crippen molar-refractivity contribution in [1.29, 1.82) is 0 Å². The van der Waals surface area contributed by atoms with Crippen LogP contribution in [0.1, 0.15) is 25.0 Å². The molecule has 21 heavy (non-hydrogen) atoms. The van der Waals surface area contributed by atoms with E-state index < -0.39 is 17.6 Å². The highest BCUT2D eigenvalue weighted by molar-refractivity contribution is 5.79. The number of alkyl halides is 3. The maximum atomic E-state index is 13.0. The molecule has 0 saturated heterocycles. The number of hydrogen-bond donors (Lipinski definition) is 2. The topological polar surface area (TPSA) is 36.4 Å². The summed E-state index contributed by atoms with van der Waals surface area (Å²) < 4.78 is 51.5. The molecule has 0 saturated carbocycles. The maximum absolute atomic E-state index is 13.0. The first-order valence-corrected chi connectivity index (χ1v) is 6.54. The Morgan fingerprint density at radius 1 is 1.24 bits per heavy atom. The van der Waals surface area contributed by atoms with Crippen LogP contribution in [0.4, 0.5) is 17.6 Å². The van der Waals surface area contributed by atoms with E-state index in [0.29, 0.717) is 24.5 Å². The lowest BCUT2D eigenvalue weighted by Gasteiger charge is -2.16. The average molecular weight is 305 g/mol. The molecule has 0 atom stereocenters. The normalized spacial score (nSPS) is 12.7. The second-order valence-electron chi connectivity index (χ2n) is 5.00. The van der Waals surface area contributed by atoms with Gasteiger partial charge in [-0.05, 0) is 23.6 Å². The van der Waals surface area contributed by atoms with E-state index in [1.54, 1.807) is 0 Å². The maximum Gasteiger partial charge on any atom is 0.416 e. The Labute approximate surface area is 121 Å². The van der Waals surface area contributed by atoms with Gasteiger partial charge in [0.15, 0.2) is 5.96 Å². The lowest BCUT2D eigenvalue weighted by molar-refractivity contribution is -0.138. The number of halogens is 4. The number of guanidine groups is 1. The molecule has 7 heteroatoms. The summed E-state index contributed by atoms with van der Waals surface area (Å²) in [5, 5.41) is 5.78. The molecule has 0 aliphatic heterocycles. The minimum Gasteiger partial charge on any atom is -0.356 e. The number of nitrogens with zero attached hydrogens (tertiary/aromatic N) is 1. The van der Waals surface area contributed by atoms with Gasteiger partial charge in [0, 0.05) is 20.1 Å². The minimum atomic E-state index is -4.59. The molecule has 0 aliphatic rings. The quantitative estimate of drug-likeness (QED) is 0.509. The van der Waals surface area contributed by atoms with E-state index in [4.69, 9.17) is 0 Å². The molecule has 2 N–H and O–H groups in total. The zero-order valence-corrected chi connectivity index (χ0v) is 12.2. The van der Waals surface area contributed by atoms with Gasteiger partial charge in [0.25, 0.3) is 0 Å². The number of nitrogens with one attached hydrogen (secondary N) is 2. The van der Waals surface area contributed by atoms with Crippen molar-refractivity contribution in [3.05, 3.63) is 35.1 Å². The third-order valence-electron chi connectivity index (χ3n) is 2.72. The van der Waals surface area contributed by atoms with Gasteiger partial charge in [-0.25, -0.2) is 4.39 Å². The molecule has 1 rings (SSSR count). The fraction of sp³-hybridized carbons (Fsp3) is 0.500. The highest BCUT2D eigenvalue weighted by atomic mass is 19.4. The zero-order valence-electron chi connectivity index (χ0n) is 12.2. The molecule has 1 aromatic carbocycles. The smallest absolute Gasteiger partial charge is 0.356 e. The predicted octanol–water partition coefficient (Wildman–Crippen LogP) is 3.17. The van der Waals surface area contributed by atoms with E-state index >= 15 is 0 Å². The molecular formula is C14H19F4N3. The summed E-state index contributed by atoms with van der Waals surface area (Å²) in [6.45, 7) is 4.56. The Morgan fingerprint density at radius 3 is 2.43 bits per heavy atom. The SMILES string of the molecule is CN=C(NCc1ccc(F)cc1C(F)(F)F)NCC(C)C. The van der Waals surface area contributed by atoms with E-state index in [2.05, 4.69) is 15.6 Å². The molecule has 0 amide bonds. The van der Waals surface area contributed by atoms with Crippen molar-refractivity contribution in [1.82, 2.24) is 10.6 Å². The summed E-state index contributed by atoms with van der Waals surface area (Å²) in [5.41, 5.74) is -1.01. The van der Waals surface area contributed by atoms with Gasteiger partial charge in [0.05, 0.1) is 5.56 Å². The van der Waals surface area contributed by atoms with Crippen LogP contribution in [-0.2, 0) is 12.7 Å². The van der Waals surface area contributed by atoms with Gasteiger partial charge in [0.2, 0.25) is 0 Å². The van der Waals surface area contributed by atoms with Crippen molar-refractivity contribution in [3.63, 3.8) is 0 Å². The molecule has 0 fully saturated rings. The molecule has 3 nitrogen and oxygen atoms in total. The monoisotopic (exact) mass is 305 g/mol. The van der Waals surface area contributed by atoms with Gasteiger partial charge < -0.3 is 10.6 Å². The van der Waals surface area contributed by atoms with Crippen molar-refractivity contribution < 1.29 is 17.6 Å².